The van der Waals surface area contributed by atoms with Crippen LogP contribution in [0.25, 0.3) is 0 Å². The first-order valence-corrected chi connectivity index (χ1v) is 4.71. The summed E-state index contributed by atoms with van der Waals surface area (Å²) in [7, 11) is 3.31. The molecule has 0 spiro atoms. The Morgan fingerprint density at radius 2 is 2.31 bits per heavy atom. The predicted molar refractivity (Wildman–Crippen MR) is 53.6 cm³/mol. The summed E-state index contributed by atoms with van der Waals surface area (Å²) in [5.41, 5.74) is 2.08. The average Bonchev–Trinajstić information content (AvgIpc) is 2.85. The summed E-state index contributed by atoms with van der Waals surface area (Å²) in [6.45, 7) is 0. The highest BCUT2D eigenvalue weighted by molar-refractivity contribution is 6.47. The van der Waals surface area contributed by atoms with E-state index in [2.05, 4.69) is 4.98 Å². The molecule has 0 bridgehead atoms. The van der Waals surface area contributed by atoms with Gasteiger partial charge in [-0.1, -0.05) is 11.6 Å². The van der Waals surface area contributed by atoms with Crippen LogP contribution in [0.1, 0.15) is 24.5 Å². The van der Waals surface area contributed by atoms with Crippen molar-refractivity contribution < 1.29 is 4.65 Å². The molecule has 67 valence electrons. The molecule has 1 heterocycles. The van der Waals surface area contributed by atoms with Crippen molar-refractivity contribution in [3.8, 4) is 0 Å². The summed E-state index contributed by atoms with van der Waals surface area (Å²) in [6.07, 6.45) is 2.47. The molecule has 0 atom stereocenters. The molecule has 1 aliphatic carbocycles. The lowest BCUT2D eigenvalue weighted by atomic mass is 9.88. The molecule has 1 saturated carbocycles. The normalized spacial score (nSPS) is 15.8. The van der Waals surface area contributed by atoms with Gasteiger partial charge >= 0.3 is 7.48 Å². The highest BCUT2D eigenvalue weighted by Crippen LogP contribution is 2.38. The number of nitrogens with zero attached hydrogens (tertiary/aromatic N) is 1. The molecule has 2 rings (SSSR count). The Labute approximate surface area is 83.5 Å². The van der Waals surface area contributed by atoms with Crippen LogP contribution >= 0.6 is 11.6 Å². The minimum atomic E-state index is 0.549. The van der Waals surface area contributed by atoms with Gasteiger partial charge < -0.3 is 4.65 Å². The van der Waals surface area contributed by atoms with Crippen molar-refractivity contribution in [2.75, 3.05) is 7.11 Å². The van der Waals surface area contributed by atoms with Gasteiger partial charge in [-0.05, 0) is 30.4 Å². The lowest BCUT2D eigenvalue weighted by Gasteiger charge is -2.02. The van der Waals surface area contributed by atoms with Crippen LogP contribution in [0.3, 0.4) is 0 Å². The fraction of sp³-hybridized carbons (Fsp3) is 0.444. The molecule has 1 radical (unpaired) electrons. The van der Waals surface area contributed by atoms with E-state index in [9.17, 15) is 0 Å². The molecule has 1 fully saturated rings. The minimum Gasteiger partial charge on any atom is -0.437 e. The van der Waals surface area contributed by atoms with Gasteiger partial charge in [-0.2, -0.15) is 0 Å². The summed E-state index contributed by atoms with van der Waals surface area (Å²) < 4.78 is 4.93. The molecule has 0 amide bonds. The van der Waals surface area contributed by atoms with Gasteiger partial charge in [-0.25, -0.2) is 4.98 Å². The van der Waals surface area contributed by atoms with Crippen molar-refractivity contribution in [2.45, 2.75) is 18.8 Å². The Morgan fingerprint density at radius 3 is 2.92 bits per heavy atom. The van der Waals surface area contributed by atoms with E-state index >= 15 is 0 Å². The van der Waals surface area contributed by atoms with Crippen LogP contribution < -0.4 is 5.46 Å². The molecule has 2 nitrogen and oxygen atoms in total. The molecule has 4 heteroatoms. The highest BCUT2D eigenvalue weighted by Gasteiger charge is 2.25. The second-order valence-corrected chi connectivity index (χ2v) is 3.66. The van der Waals surface area contributed by atoms with E-state index < -0.39 is 0 Å². The van der Waals surface area contributed by atoms with Crippen molar-refractivity contribution >= 4 is 24.5 Å². The molecule has 13 heavy (non-hydrogen) atoms. The molecule has 1 aromatic rings. The fourth-order valence-electron chi connectivity index (χ4n) is 1.33. The minimum absolute atomic E-state index is 0.549. The van der Waals surface area contributed by atoms with Crippen LogP contribution in [0, 0.1) is 0 Å². The summed E-state index contributed by atoms with van der Waals surface area (Å²) >= 11 is 5.87. The molecular weight excluding hydrogens is 184 g/mol. The van der Waals surface area contributed by atoms with Gasteiger partial charge in [-0.15, -0.1) is 0 Å². The number of hydrogen-bond acceptors (Lipinski definition) is 2. The lowest BCUT2D eigenvalue weighted by Crippen LogP contribution is -2.17. The number of halogens is 1. The van der Waals surface area contributed by atoms with E-state index in [1.54, 1.807) is 20.7 Å². The second-order valence-electron chi connectivity index (χ2n) is 3.28. The van der Waals surface area contributed by atoms with Crippen molar-refractivity contribution in [3.05, 3.63) is 23.0 Å². The quantitative estimate of drug-likeness (QED) is 0.537. The third-order valence-electron chi connectivity index (χ3n) is 2.09. The van der Waals surface area contributed by atoms with Crippen LogP contribution in [0.2, 0.25) is 5.15 Å². The third-order valence-corrected chi connectivity index (χ3v) is 2.28. The first kappa shape index (κ1) is 9.04. The molecule has 0 unspecified atom stereocenters. The maximum Gasteiger partial charge on any atom is 0.329 e. The maximum absolute atomic E-state index is 5.87. The van der Waals surface area contributed by atoms with E-state index in [0.717, 1.165) is 11.2 Å². The Kier molecular flexibility index (Phi) is 2.56. The Balaban J connectivity index is 2.25. The smallest absolute Gasteiger partial charge is 0.329 e. The van der Waals surface area contributed by atoms with E-state index in [1.165, 1.54) is 12.8 Å². The standard InChI is InChI=1S/C9H10BClNO/c1-13-10-7-4-8(6-2-3-6)12-9(11)5-7/h4-6H,2-3H2,1H3. The zero-order valence-corrected chi connectivity index (χ0v) is 8.21. The summed E-state index contributed by atoms with van der Waals surface area (Å²) in [4.78, 5) is 4.27. The molecule has 0 saturated heterocycles. The number of hydrogen-bond donors (Lipinski definition) is 0. The first-order chi connectivity index (χ1) is 6.29. The first-order valence-electron chi connectivity index (χ1n) is 4.33. The van der Waals surface area contributed by atoms with Crippen molar-refractivity contribution in [3.63, 3.8) is 0 Å². The van der Waals surface area contributed by atoms with Gasteiger partial charge in [0.1, 0.15) is 5.15 Å². The van der Waals surface area contributed by atoms with E-state index in [1.807, 2.05) is 6.07 Å². The monoisotopic (exact) mass is 194 g/mol. The van der Waals surface area contributed by atoms with E-state index in [0.29, 0.717) is 11.1 Å². The van der Waals surface area contributed by atoms with Gasteiger partial charge in [0.2, 0.25) is 0 Å². The molecule has 1 aliphatic rings. The van der Waals surface area contributed by atoms with Gasteiger partial charge in [0.05, 0.1) is 0 Å². The number of rotatable bonds is 3. The maximum atomic E-state index is 5.87. The number of pyridine rings is 1. The molecule has 0 aromatic carbocycles. The van der Waals surface area contributed by atoms with Crippen LogP contribution in [0.4, 0.5) is 0 Å². The Bertz CT molecular complexity index is 314. The molecular formula is C9H10BClNO. The summed E-state index contributed by atoms with van der Waals surface area (Å²) in [5.74, 6) is 0.628. The molecule has 0 N–H and O–H groups in total. The summed E-state index contributed by atoms with van der Waals surface area (Å²) in [5, 5.41) is 0.549. The van der Waals surface area contributed by atoms with Crippen molar-refractivity contribution in [2.24, 2.45) is 0 Å². The predicted octanol–water partition coefficient (Wildman–Crippen LogP) is 1.50. The van der Waals surface area contributed by atoms with Gasteiger partial charge in [0.25, 0.3) is 0 Å². The molecule has 1 aromatic heterocycles. The van der Waals surface area contributed by atoms with Crippen molar-refractivity contribution in [1.29, 1.82) is 0 Å². The Hall–Kier alpha value is -0.535. The van der Waals surface area contributed by atoms with E-state index in [-0.39, 0.29) is 0 Å². The van der Waals surface area contributed by atoms with Crippen LogP contribution in [-0.4, -0.2) is 19.6 Å². The van der Waals surface area contributed by atoms with Crippen LogP contribution in [0.5, 0.6) is 0 Å². The Morgan fingerprint density at radius 1 is 1.54 bits per heavy atom. The third kappa shape index (κ3) is 2.23. The van der Waals surface area contributed by atoms with E-state index in [4.69, 9.17) is 16.3 Å². The lowest BCUT2D eigenvalue weighted by molar-refractivity contribution is 0.450. The fourth-order valence-corrected chi connectivity index (χ4v) is 1.55. The summed E-state index contributed by atoms with van der Waals surface area (Å²) in [6, 6.07) is 3.84. The van der Waals surface area contributed by atoms with Crippen molar-refractivity contribution in [1.82, 2.24) is 4.98 Å². The SMILES string of the molecule is CO[B]c1cc(Cl)nc(C2CC2)c1. The van der Waals surface area contributed by atoms with Crippen LogP contribution in [0.15, 0.2) is 12.1 Å². The van der Waals surface area contributed by atoms with Gasteiger partial charge in [-0.3, -0.25) is 0 Å². The second kappa shape index (κ2) is 3.68. The zero-order valence-electron chi connectivity index (χ0n) is 7.46. The topological polar surface area (TPSA) is 22.1 Å². The molecule has 0 aliphatic heterocycles. The highest BCUT2D eigenvalue weighted by atomic mass is 35.5. The van der Waals surface area contributed by atoms with Gasteiger partial charge in [0.15, 0.2) is 0 Å². The van der Waals surface area contributed by atoms with Gasteiger partial charge in [0, 0.05) is 18.7 Å². The van der Waals surface area contributed by atoms with Crippen LogP contribution in [-0.2, 0) is 4.65 Å². The largest absolute Gasteiger partial charge is 0.437 e. The number of aromatic nitrogens is 1. The zero-order chi connectivity index (χ0) is 9.26. The average molecular weight is 194 g/mol.